The minimum absolute atomic E-state index is 0.00278. The van der Waals surface area contributed by atoms with Gasteiger partial charge in [0.05, 0.1) is 7.11 Å². The summed E-state index contributed by atoms with van der Waals surface area (Å²) in [5, 5.41) is 6.28. The van der Waals surface area contributed by atoms with Gasteiger partial charge in [-0.2, -0.15) is 0 Å². The summed E-state index contributed by atoms with van der Waals surface area (Å²) in [5.41, 5.74) is 1.13. The molecule has 1 aromatic carbocycles. The molecule has 0 saturated heterocycles. The van der Waals surface area contributed by atoms with Crippen molar-refractivity contribution in [3.63, 3.8) is 0 Å². The number of amides is 2. The smallest absolute Gasteiger partial charge is 0.315 e. The van der Waals surface area contributed by atoms with Gasteiger partial charge in [0, 0.05) is 12.6 Å². The molecular formula is C20H28N2O2. The van der Waals surface area contributed by atoms with Crippen LogP contribution in [0.4, 0.5) is 4.79 Å². The monoisotopic (exact) mass is 328 g/mol. The van der Waals surface area contributed by atoms with Gasteiger partial charge >= 0.3 is 6.03 Å². The third kappa shape index (κ3) is 2.87. The van der Waals surface area contributed by atoms with Crippen LogP contribution in [0, 0.1) is 23.7 Å². The van der Waals surface area contributed by atoms with Crippen LogP contribution in [0.15, 0.2) is 24.3 Å². The van der Waals surface area contributed by atoms with Crippen LogP contribution in [-0.2, 0) is 6.42 Å². The molecule has 2 amide bonds. The molecule has 0 aromatic heterocycles. The molecule has 3 aliphatic carbocycles. The van der Waals surface area contributed by atoms with Crippen molar-refractivity contribution in [3.8, 4) is 5.75 Å². The fourth-order valence-electron chi connectivity index (χ4n) is 5.67. The minimum Gasteiger partial charge on any atom is -0.496 e. The van der Waals surface area contributed by atoms with E-state index in [0.717, 1.165) is 41.4 Å². The number of carbonyl (C=O) groups excluding carboxylic acids is 1. The summed E-state index contributed by atoms with van der Waals surface area (Å²) in [6, 6.07) is 8.38. The zero-order chi connectivity index (χ0) is 16.5. The summed E-state index contributed by atoms with van der Waals surface area (Å²) < 4.78 is 5.36. The van der Waals surface area contributed by atoms with Gasteiger partial charge in [-0.1, -0.05) is 24.6 Å². The maximum Gasteiger partial charge on any atom is 0.315 e. The summed E-state index contributed by atoms with van der Waals surface area (Å²) >= 11 is 0. The highest BCUT2D eigenvalue weighted by molar-refractivity contribution is 5.74. The standard InChI is InChI=1S/C20H28N2O2/c1-24-19-8-3-2-5-13(19)9-10-21-20(23)22-18-12-14-11-17(18)16-7-4-6-15(14)16/h2-3,5,8,14-18H,4,6-7,9-12H2,1H3,(H2,21,22,23)/t14-,15+,16-,17+,18-/m1/s1. The number of nitrogens with one attached hydrogen (secondary N) is 2. The highest BCUT2D eigenvalue weighted by Gasteiger charge is 2.53. The normalized spacial score (nSPS) is 33.3. The van der Waals surface area contributed by atoms with Crippen molar-refractivity contribution in [1.82, 2.24) is 10.6 Å². The maximum atomic E-state index is 12.3. The molecule has 130 valence electrons. The molecule has 0 radical (unpaired) electrons. The van der Waals surface area contributed by atoms with Crippen LogP contribution in [0.5, 0.6) is 5.75 Å². The number of carbonyl (C=O) groups is 1. The Morgan fingerprint density at radius 2 is 2.00 bits per heavy atom. The summed E-state index contributed by atoms with van der Waals surface area (Å²) in [6.45, 7) is 0.638. The topological polar surface area (TPSA) is 50.4 Å². The lowest BCUT2D eigenvalue weighted by Crippen LogP contribution is -2.47. The summed E-state index contributed by atoms with van der Waals surface area (Å²) in [4.78, 5) is 12.3. The van der Waals surface area contributed by atoms with Crippen molar-refractivity contribution in [3.05, 3.63) is 29.8 Å². The van der Waals surface area contributed by atoms with Crippen molar-refractivity contribution >= 4 is 6.03 Å². The van der Waals surface area contributed by atoms with Gasteiger partial charge in [-0.3, -0.25) is 0 Å². The Hall–Kier alpha value is -1.71. The predicted octanol–water partition coefficient (Wildman–Crippen LogP) is 3.36. The number of ether oxygens (including phenoxy) is 1. The Kier molecular flexibility index (Phi) is 4.38. The molecule has 2 N–H and O–H groups in total. The third-order valence-corrected chi connectivity index (χ3v) is 6.62. The summed E-state index contributed by atoms with van der Waals surface area (Å²) in [7, 11) is 1.68. The SMILES string of the molecule is COc1ccccc1CCNC(=O)N[C@@H]1C[C@H]2C[C@H]1[C@@H]1CCC[C@@H]21. The fourth-order valence-corrected chi connectivity index (χ4v) is 5.67. The Morgan fingerprint density at radius 3 is 2.88 bits per heavy atom. The number of methoxy groups -OCH3 is 1. The Balaban J connectivity index is 1.25. The molecule has 4 heteroatoms. The van der Waals surface area contributed by atoms with E-state index in [2.05, 4.69) is 16.7 Å². The zero-order valence-corrected chi connectivity index (χ0v) is 14.5. The van der Waals surface area contributed by atoms with Crippen LogP contribution >= 0.6 is 0 Å². The number of fused-ring (bicyclic) bond motifs is 5. The molecule has 0 aliphatic heterocycles. The molecule has 3 saturated carbocycles. The zero-order valence-electron chi connectivity index (χ0n) is 14.5. The molecule has 5 atom stereocenters. The summed E-state index contributed by atoms with van der Waals surface area (Å²) in [6.07, 6.45) is 7.56. The van der Waals surface area contributed by atoms with Gasteiger partial charge in [-0.15, -0.1) is 0 Å². The third-order valence-electron chi connectivity index (χ3n) is 6.62. The van der Waals surface area contributed by atoms with Crippen molar-refractivity contribution in [2.75, 3.05) is 13.7 Å². The molecule has 0 heterocycles. The van der Waals surface area contributed by atoms with Crippen LogP contribution < -0.4 is 15.4 Å². The van der Waals surface area contributed by atoms with Gasteiger partial charge in [0.15, 0.2) is 0 Å². The molecule has 3 aliphatic rings. The number of rotatable bonds is 5. The number of urea groups is 1. The van der Waals surface area contributed by atoms with E-state index in [1.807, 2.05) is 18.2 Å². The first-order valence-electron chi connectivity index (χ1n) is 9.42. The van der Waals surface area contributed by atoms with Gasteiger partial charge in [0.2, 0.25) is 0 Å². The van der Waals surface area contributed by atoms with Crippen molar-refractivity contribution in [2.24, 2.45) is 23.7 Å². The van der Waals surface area contributed by atoms with Crippen LogP contribution in [0.2, 0.25) is 0 Å². The number of benzene rings is 1. The second-order valence-electron chi connectivity index (χ2n) is 7.72. The lowest BCUT2D eigenvalue weighted by atomic mass is 9.79. The maximum absolute atomic E-state index is 12.3. The Labute approximate surface area is 144 Å². The first kappa shape index (κ1) is 15.8. The average Bonchev–Trinajstić information content (AvgIpc) is 3.28. The minimum atomic E-state index is -0.00278. The van der Waals surface area contributed by atoms with Gasteiger partial charge in [0.1, 0.15) is 5.75 Å². The van der Waals surface area contributed by atoms with E-state index in [-0.39, 0.29) is 6.03 Å². The van der Waals surface area contributed by atoms with Gasteiger partial charge < -0.3 is 15.4 Å². The van der Waals surface area contributed by atoms with E-state index in [9.17, 15) is 4.79 Å². The van der Waals surface area contributed by atoms with E-state index in [0.29, 0.717) is 12.6 Å². The van der Waals surface area contributed by atoms with E-state index in [1.54, 1.807) is 7.11 Å². The predicted molar refractivity (Wildman–Crippen MR) is 94.1 cm³/mol. The van der Waals surface area contributed by atoms with E-state index in [4.69, 9.17) is 4.74 Å². The molecular weight excluding hydrogens is 300 g/mol. The number of hydrogen-bond donors (Lipinski definition) is 2. The lowest BCUT2D eigenvalue weighted by Gasteiger charge is -2.32. The highest BCUT2D eigenvalue weighted by Crippen LogP contribution is 2.58. The van der Waals surface area contributed by atoms with Gasteiger partial charge in [-0.25, -0.2) is 4.79 Å². The van der Waals surface area contributed by atoms with Crippen LogP contribution in [0.1, 0.15) is 37.7 Å². The molecule has 0 unspecified atom stereocenters. The summed E-state index contributed by atoms with van der Waals surface area (Å²) in [5.74, 6) is 4.37. The molecule has 0 spiro atoms. The van der Waals surface area contributed by atoms with E-state index in [1.165, 1.54) is 32.1 Å². The van der Waals surface area contributed by atoms with Crippen LogP contribution in [0.25, 0.3) is 0 Å². The average molecular weight is 328 g/mol. The fraction of sp³-hybridized carbons (Fsp3) is 0.650. The highest BCUT2D eigenvalue weighted by atomic mass is 16.5. The first-order chi connectivity index (χ1) is 11.8. The van der Waals surface area contributed by atoms with Crippen molar-refractivity contribution < 1.29 is 9.53 Å². The second-order valence-corrected chi connectivity index (χ2v) is 7.72. The van der Waals surface area contributed by atoms with Crippen molar-refractivity contribution in [1.29, 1.82) is 0 Å². The molecule has 2 bridgehead atoms. The van der Waals surface area contributed by atoms with Crippen LogP contribution in [0.3, 0.4) is 0 Å². The van der Waals surface area contributed by atoms with Crippen molar-refractivity contribution in [2.45, 2.75) is 44.6 Å². The Morgan fingerprint density at radius 1 is 1.17 bits per heavy atom. The van der Waals surface area contributed by atoms with Gasteiger partial charge in [0.25, 0.3) is 0 Å². The number of para-hydroxylation sites is 1. The van der Waals surface area contributed by atoms with E-state index < -0.39 is 0 Å². The second kappa shape index (κ2) is 6.66. The van der Waals surface area contributed by atoms with E-state index >= 15 is 0 Å². The molecule has 3 fully saturated rings. The van der Waals surface area contributed by atoms with Crippen LogP contribution in [-0.4, -0.2) is 25.7 Å². The lowest BCUT2D eigenvalue weighted by molar-refractivity contribution is 0.198. The molecule has 24 heavy (non-hydrogen) atoms. The molecule has 4 rings (SSSR count). The first-order valence-corrected chi connectivity index (χ1v) is 9.42. The van der Waals surface area contributed by atoms with Gasteiger partial charge in [-0.05, 0) is 67.4 Å². The quantitative estimate of drug-likeness (QED) is 0.871. The number of hydrogen-bond acceptors (Lipinski definition) is 2. The Bertz CT molecular complexity index is 603. The largest absolute Gasteiger partial charge is 0.496 e. The molecule has 4 nitrogen and oxygen atoms in total. The molecule has 1 aromatic rings.